The fourth-order valence-electron chi connectivity index (χ4n) is 2.15. The Labute approximate surface area is 162 Å². The van der Waals surface area contributed by atoms with Crippen molar-refractivity contribution in [3.63, 3.8) is 0 Å². The molecule has 2 N–H and O–H groups in total. The van der Waals surface area contributed by atoms with Crippen molar-refractivity contribution in [1.82, 2.24) is 5.43 Å². The zero-order valence-electron chi connectivity index (χ0n) is 15.0. The van der Waals surface area contributed by atoms with E-state index < -0.39 is 4.92 Å². The Bertz CT molecular complexity index is 842. The van der Waals surface area contributed by atoms with Crippen molar-refractivity contribution >= 4 is 34.9 Å². The number of rotatable bonds is 8. The summed E-state index contributed by atoms with van der Waals surface area (Å²) in [5, 5.41) is 17.9. The molecule has 2 aromatic rings. The Morgan fingerprint density at radius 2 is 2.07 bits per heavy atom. The Morgan fingerprint density at radius 3 is 2.78 bits per heavy atom. The fraction of sp³-hybridized carbons (Fsp3) is 0.222. The van der Waals surface area contributed by atoms with Gasteiger partial charge in [0.15, 0.2) is 16.6 Å². The zero-order valence-corrected chi connectivity index (χ0v) is 15.8. The highest BCUT2D eigenvalue weighted by Gasteiger charge is 2.12. The Balaban J connectivity index is 1.99. The van der Waals surface area contributed by atoms with Crippen LogP contribution in [-0.4, -0.2) is 30.0 Å². The SMILES string of the molecule is CCCOc1ccc(/C=N\NC(=S)Nc2ccccc2[N+](=O)[O-])cc1OC. The third-order valence-corrected chi connectivity index (χ3v) is 3.57. The molecule has 0 aromatic heterocycles. The van der Waals surface area contributed by atoms with E-state index in [1.54, 1.807) is 43.7 Å². The number of hydrazone groups is 1. The summed E-state index contributed by atoms with van der Waals surface area (Å²) in [6.45, 7) is 2.64. The first-order valence-electron chi connectivity index (χ1n) is 8.19. The van der Waals surface area contributed by atoms with Gasteiger partial charge in [0.05, 0.1) is 24.9 Å². The van der Waals surface area contributed by atoms with Gasteiger partial charge in [-0.15, -0.1) is 0 Å². The van der Waals surface area contributed by atoms with E-state index in [2.05, 4.69) is 15.8 Å². The summed E-state index contributed by atoms with van der Waals surface area (Å²) >= 11 is 5.11. The second-order valence-corrected chi connectivity index (χ2v) is 5.77. The molecule has 0 aliphatic rings. The number of hydrogen-bond acceptors (Lipinski definition) is 6. The van der Waals surface area contributed by atoms with Gasteiger partial charge >= 0.3 is 0 Å². The average Bonchev–Trinajstić information content (AvgIpc) is 2.67. The minimum atomic E-state index is -0.483. The molecule has 0 aliphatic carbocycles. The van der Waals surface area contributed by atoms with Crippen LogP contribution >= 0.6 is 12.2 Å². The summed E-state index contributed by atoms with van der Waals surface area (Å²) in [6.07, 6.45) is 2.46. The first kappa shape index (κ1) is 20.1. The Kier molecular flexibility index (Phi) is 7.50. The van der Waals surface area contributed by atoms with Crippen LogP contribution in [0.1, 0.15) is 18.9 Å². The zero-order chi connectivity index (χ0) is 19.6. The molecule has 9 heteroatoms. The van der Waals surface area contributed by atoms with Gasteiger partial charge in [-0.2, -0.15) is 5.10 Å². The predicted octanol–water partition coefficient (Wildman–Crippen LogP) is 3.71. The van der Waals surface area contributed by atoms with E-state index in [0.29, 0.717) is 18.1 Å². The summed E-state index contributed by atoms with van der Waals surface area (Å²) in [5.74, 6) is 1.27. The molecular formula is C18H20N4O4S. The number of thiocarbonyl (C=S) groups is 1. The van der Waals surface area contributed by atoms with E-state index in [0.717, 1.165) is 12.0 Å². The van der Waals surface area contributed by atoms with Crippen molar-refractivity contribution in [3.05, 3.63) is 58.1 Å². The first-order chi connectivity index (χ1) is 13.0. The molecule has 8 nitrogen and oxygen atoms in total. The summed E-state index contributed by atoms with van der Waals surface area (Å²) in [4.78, 5) is 10.5. The summed E-state index contributed by atoms with van der Waals surface area (Å²) in [7, 11) is 1.57. The number of nitrogens with one attached hydrogen (secondary N) is 2. The van der Waals surface area contributed by atoms with Crippen molar-refractivity contribution in [2.75, 3.05) is 19.0 Å². The molecule has 0 saturated carbocycles. The van der Waals surface area contributed by atoms with Crippen LogP contribution < -0.4 is 20.2 Å². The lowest BCUT2D eigenvalue weighted by molar-refractivity contribution is -0.383. The molecule has 0 radical (unpaired) electrons. The van der Waals surface area contributed by atoms with Gasteiger partial charge in [0.1, 0.15) is 5.69 Å². The highest BCUT2D eigenvalue weighted by molar-refractivity contribution is 7.80. The van der Waals surface area contributed by atoms with Crippen molar-refractivity contribution in [2.45, 2.75) is 13.3 Å². The van der Waals surface area contributed by atoms with E-state index >= 15 is 0 Å². The highest BCUT2D eigenvalue weighted by Crippen LogP contribution is 2.27. The van der Waals surface area contributed by atoms with Gasteiger partial charge < -0.3 is 14.8 Å². The molecule has 0 fully saturated rings. The lowest BCUT2D eigenvalue weighted by Crippen LogP contribution is -2.24. The van der Waals surface area contributed by atoms with Crippen molar-refractivity contribution in [1.29, 1.82) is 0 Å². The molecule has 0 spiro atoms. The van der Waals surface area contributed by atoms with Crippen molar-refractivity contribution < 1.29 is 14.4 Å². The minimum absolute atomic E-state index is 0.0713. The molecule has 0 atom stereocenters. The Morgan fingerprint density at radius 1 is 1.30 bits per heavy atom. The molecule has 0 saturated heterocycles. The van der Waals surface area contributed by atoms with Gasteiger partial charge in [0.25, 0.3) is 5.69 Å². The molecular weight excluding hydrogens is 368 g/mol. The second kappa shape index (κ2) is 10.1. The third-order valence-electron chi connectivity index (χ3n) is 3.38. The smallest absolute Gasteiger partial charge is 0.292 e. The van der Waals surface area contributed by atoms with E-state index in [1.807, 2.05) is 13.0 Å². The third kappa shape index (κ3) is 5.93. The molecule has 0 amide bonds. The normalized spacial score (nSPS) is 10.4. The molecule has 2 aromatic carbocycles. The number of para-hydroxylation sites is 2. The van der Waals surface area contributed by atoms with E-state index in [-0.39, 0.29) is 16.5 Å². The number of nitrogens with zero attached hydrogens (tertiary/aromatic N) is 2. The van der Waals surface area contributed by atoms with Crippen molar-refractivity contribution in [2.24, 2.45) is 5.10 Å². The van der Waals surface area contributed by atoms with E-state index in [1.165, 1.54) is 6.07 Å². The number of benzene rings is 2. The van der Waals surface area contributed by atoms with Gasteiger partial charge in [-0.05, 0) is 48.5 Å². The largest absolute Gasteiger partial charge is 0.493 e. The number of nitro benzene ring substituents is 1. The average molecular weight is 388 g/mol. The van der Waals surface area contributed by atoms with Crippen LogP contribution in [0.2, 0.25) is 0 Å². The van der Waals surface area contributed by atoms with Crippen molar-refractivity contribution in [3.8, 4) is 11.5 Å². The van der Waals surface area contributed by atoms with Crippen LogP contribution in [0.3, 0.4) is 0 Å². The van der Waals surface area contributed by atoms with Gasteiger partial charge in [0, 0.05) is 6.07 Å². The van der Waals surface area contributed by atoms with E-state index in [4.69, 9.17) is 21.7 Å². The van der Waals surface area contributed by atoms with Crippen LogP contribution in [0.25, 0.3) is 0 Å². The standard InChI is InChI=1S/C18H20N4O4S/c1-3-10-26-16-9-8-13(11-17(16)25-2)12-19-21-18(27)20-14-6-4-5-7-15(14)22(23)24/h4-9,11-12H,3,10H2,1-2H3,(H2,20,21,27)/b19-12-. The highest BCUT2D eigenvalue weighted by atomic mass is 32.1. The summed E-state index contributed by atoms with van der Waals surface area (Å²) < 4.78 is 10.9. The van der Waals surface area contributed by atoms with Gasteiger partial charge in [0.2, 0.25) is 0 Å². The molecule has 0 heterocycles. The number of methoxy groups -OCH3 is 1. The van der Waals surface area contributed by atoms with Crippen LogP contribution in [0.5, 0.6) is 11.5 Å². The van der Waals surface area contributed by atoms with Crippen LogP contribution in [-0.2, 0) is 0 Å². The first-order valence-corrected chi connectivity index (χ1v) is 8.60. The molecule has 142 valence electrons. The fourth-order valence-corrected chi connectivity index (χ4v) is 2.31. The number of nitro groups is 1. The maximum absolute atomic E-state index is 11.0. The topological polar surface area (TPSA) is 98.0 Å². The molecule has 27 heavy (non-hydrogen) atoms. The van der Waals surface area contributed by atoms with Gasteiger partial charge in [-0.25, -0.2) is 0 Å². The molecule has 2 rings (SSSR count). The number of ether oxygens (including phenoxy) is 2. The molecule has 0 aliphatic heterocycles. The minimum Gasteiger partial charge on any atom is -0.493 e. The lowest BCUT2D eigenvalue weighted by atomic mass is 10.2. The van der Waals surface area contributed by atoms with Crippen LogP contribution in [0, 0.1) is 10.1 Å². The summed E-state index contributed by atoms with van der Waals surface area (Å²) in [5.41, 5.74) is 3.62. The summed E-state index contributed by atoms with van der Waals surface area (Å²) in [6, 6.07) is 11.6. The maximum atomic E-state index is 11.0. The second-order valence-electron chi connectivity index (χ2n) is 5.36. The monoisotopic (exact) mass is 388 g/mol. The quantitative estimate of drug-likeness (QED) is 0.308. The van der Waals surface area contributed by atoms with Crippen LogP contribution in [0.4, 0.5) is 11.4 Å². The maximum Gasteiger partial charge on any atom is 0.292 e. The van der Waals surface area contributed by atoms with Gasteiger partial charge in [-0.3, -0.25) is 15.5 Å². The Hall–Kier alpha value is -3.20. The lowest BCUT2D eigenvalue weighted by Gasteiger charge is -2.10. The van der Waals surface area contributed by atoms with E-state index in [9.17, 15) is 10.1 Å². The molecule has 0 bridgehead atoms. The van der Waals surface area contributed by atoms with Gasteiger partial charge in [-0.1, -0.05) is 19.1 Å². The predicted molar refractivity (Wildman–Crippen MR) is 109 cm³/mol. The van der Waals surface area contributed by atoms with Crippen LogP contribution in [0.15, 0.2) is 47.6 Å². The number of hydrogen-bond donors (Lipinski definition) is 2. The number of anilines is 1. The molecule has 0 unspecified atom stereocenters.